The molecule has 0 aliphatic heterocycles. The maximum atomic E-state index is 13.3. The molecule has 0 spiro atoms. The van der Waals surface area contributed by atoms with Crippen LogP contribution in [-0.2, 0) is 9.53 Å². The minimum absolute atomic E-state index is 0.154. The summed E-state index contributed by atoms with van der Waals surface area (Å²) in [5.74, 6) is -4.09. The van der Waals surface area contributed by atoms with E-state index in [0.29, 0.717) is 0 Å². The summed E-state index contributed by atoms with van der Waals surface area (Å²) in [4.78, 5) is 30.0. The number of nitro benzene ring substituents is 2. The van der Waals surface area contributed by atoms with Crippen LogP contribution in [0.1, 0.15) is 6.92 Å². The smallest absolute Gasteiger partial charge is 0.344 e. The first-order chi connectivity index (χ1) is 13.2. The van der Waals surface area contributed by atoms with Crippen LogP contribution in [0, 0.1) is 31.9 Å². The summed E-state index contributed by atoms with van der Waals surface area (Å²) >= 11 is 0. The van der Waals surface area contributed by atoms with Crippen molar-refractivity contribution < 1.29 is 38.0 Å². The summed E-state index contributed by atoms with van der Waals surface area (Å²) in [6.45, 7) is 1.18. The highest BCUT2D eigenvalue weighted by Gasteiger charge is 2.20. The van der Waals surface area contributed by atoms with Gasteiger partial charge in [-0.1, -0.05) is 12.1 Å². The first-order valence-electron chi connectivity index (χ1n) is 7.52. The fourth-order valence-electron chi connectivity index (χ4n) is 1.77. The summed E-state index contributed by atoms with van der Waals surface area (Å²) < 4.78 is 35.0. The molecule has 0 aromatic heterocycles. The molecule has 28 heavy (non-hydrogen) atoms. The van der Waals surface area contributed by atoms with Crippen molar-refractivity contribution in [2.24, 2.45) is 0 Å². The van der Waals surface area contributed by atoms with Crippen molar-refractivity contribution in [2.75, 3.05) is 13.2 Å². The minimum Gasteiger partial charge on any atom is -0.500 e. The number of rotatable bonds is 6. The molecule has 12 heteroatoms. The number of phenols is 1. The van der Waals surface area contributed by atoms with Gasteiger partial charge in [-0.25, -0.2) is 13.6 Å². The number of carbonyl (C=O) groups is 1. The van der Waals surface area contributed by atoms with Gasteiger partial charge in [-0.05, 0) is 19.1 Å². The molecule has 0 atom stereocenters. The Hall–Kier alpha value is -3.83. The van der Waals surface area contributed by atoms with Gasteiger partial charge in [0.1, 0.15) is 0 Å². The molecule has 2 aromatic carbocycles. The van der Waals surface area contributed by atoms with Gasteiger partial charge < -0.3 is 14.6 Å². The quantitative estimate of drug-likeness (QED) is 0.443. The van der Waals surface area contributed by atoms with Crippen molar-refractivity contribution in [1.82, 2.24) is 0 Å². The van der Waals surface area contributed by atoms with E-state index in [4.69, 9.17) is 9.84 Å². The maximum Gasteiger partial charge on any atom is 0.344 e. The molecule has 2 rings (SSSR count). The number of benzene rings is 2. The second kappa shape index (κ2) is 10.4. The fraction of sp³-hybridized carbons (Fsp3) is 0.188. The summed E-state index contributed by atoms with van der Waals surface area (Å²) in [7, 11) is 0. The number of nitrogens with zero attached hydrogens (tertiary/aromatic N) is 2. The van der Waals surface area contributed by atoms with Crippen LogP contribution >= 0.6 is 0 Å². The number of nitro groups is 2. The van der Waals surface area contributed by atoms with Gasteiger partial charge in [0.25, 0.3) is 0 Å². The average molecular weight is 400 g/mol. The molecule has 2 aromatic rings. The number of aromatic hydroxyl groups is 1. The number of para-hydroxylation sites is 2. The monoisotopic (exact) mass is 400 g/mol. The van der Waals surface area contributed by atoms with E-state index in [1.165, 1.54) is 6.07 Å². The SMILES string of the molecule is CCOC(=O)COc1c(F)cccc1[N+](=O)[O-].O=[N+]([O-])c1cccc(F)c1O. The van der Waals surface area contributed by atoms with Crippen LogP contribution < -0.4 is 4.74 Å². The van der Waals surface area contributed by atoms with E-state index in [1.54, 1.807) is 6.92 Å². The molecule has 1 N–H and O–H groups in total. The van der Waals surface area contributed by atoms with Gasteiger partial charge in [-0.15, -0.1) is 0 Å². The molecule has 150 valence electrons. The van der Waals surface area contributed by atoms with Crippen LogP contribution in [0.5, 0.6) is 11.5 Å². The van der Waals surface area contributed by atoms with Crippen LogP contribution in [0.4, 0.5) is 20.2 Å². The third kappa shape index (κ3) is 6.16. The predicted molar refractivity (Wildman–Crippen MR) is 89.9 cm³/mol. The third-order valence-corrected chi connectivity index (χ3v) is 2.94. The van der Waals surface area contributed by atoms with Crippen LogP contribution in [-0.4, -0.2) is 34.1 Å². The molecule has 0 bridgehead atoms. The molecular formula is C16H14F2N2O8. The summed E-state index contributed by atoms with van der Waals surface area (Å²) in [6, 6.07) is 6.41. The molecule has 0 saturated carbocycles. The van der Waals surface area contributed by atoms with Crippen molar-refractivity contribution >= 4 is 17.3 Å². The topological polar surface area (TPSA) is 142 Å². The van der Waals surface area contributed by atoms with E-state index in [2.05, 4.69) is 4.74 Å². The standard InChI is InChI=1S/C10H10FNO5.C6H4FNO3/c1-2-16-9(13)6-17-10-7(11)4-3-5-8(10)12(14)15;7-4-2-1-3-5(6(4)9)8(10)11/h3-5H,2,6H2,1H3;1-3,9H. The van der Waals surface area contributed by atoms with E-state index in [9.17, 15) is 33.8 Å². The van der Waals surface area contributed by atoms with Crippen molar-refractivity contribution in [3.05, 3.63) is 68.3 Å². The molecule has 0 aliphatic rings. The molecule has 0 radical (unpaired) electrons. The second-order valence-corrected chi connectivity index (χ2v) is 4.80. The predicted octanol–water partition coefficient (Wildman–Crippen LogP) is 3.12. The van der Waals surface area contributed by atoms with Crippen molar-refractivity contribution in [3.8, 4) is 11.5 Å². The fourth-order valence-corrected chi connectivity index (χ4v) is 1.77. The van der Waals surface area contributed by atoms with E-state index >= 15 is 0 Å². The molecule has 10 nitrogen and oxygen atoms in total. The van der Waals surface area contributed by atoms with Gasteiger partial charge in [0.15, 0.2) is 18.2 Å². The Morgan fingerprint density at radius 3 is 2.07 bits per heavy atom. The van der Waals surface area contributed by atoms with E-state index in [-0.39, 0.29) is 6.61 Å². The van der Waals surface area contributed by atoms with E-state index in [0.717, 1.165) is 30.3 Å². The highest BCUT2D eigenvalue weighted by molar-refractivity contribution is 5.71. The zero-order valence-electron chi connectivity index (χ0n) is 14.3. The van der Waals surface area contributed by atoms with Crippen LogP contribution in [0.2, 0.25) is 0 Å². The van der Waals surface area contributed by atoms with Crippen molar-refractivity contribution in [2.45, 2.75) is 6.92 Å². The number of hydrogen-bond acceptors (Lipinski definition) is 8. The molecule has 0 unspecified atom stereocenters. The molecule has 0 fully saturated rings. The minimum atomic E-state index is -0.987. The van der Waals surface area contributed by atoms with Crippen LogP contribution in [0.15, 0.2) is 36.4 Å². The lowest BCUT2D eigenvalue weighted by molar-refractivity contribution is -0.386. The average Bonchev–Trinajstić information content (AvgIpc) is 2.63. The molecular weight excluding hydrogens is 386 g/mol. The summed E-state index contributed by atoms with van der Waals surface area (Å²) in [5, 5.41) is 29.4. The zero-order chi connectivity index (χ0) is 21.3. The number of phenolic OH excluding ortho intramolecular Hbond substituents is 1. The first-order valence-corrected chi connectivity index (χ1v) is 7.52. The number of hydrogen-bond donors (Lipinski definition) is 1. The van der Waals surface area contributed by atoms with Crippen molar-refractivity contribution in [1.29, 1.82) is 0 Å². The Labute approximate surface area is 156 Å². The summed E-state index contributed by atoms with van der Waals surface area (Å²) in [6.07, 6.45) is 0. The Morgan fingerprint density at radius 1 is 1.04 bits per heavy atom. The lowest BCUT2D eigenvalue weighted by atomic mass is 10.3. The number of ether oxygens (including phenoxy) is 2. The highest BCUT2D eigenvalue weighted by Crippen LogP contribution is 2.29. The van der Waals surface area contributed by atoms with Gasteiger partial charge in [0.2, 0.25) is 11.5 Å². The van der Waals surface area contributed by atoms with Crippen molar-refractivity contribution in [3.63, 3.8) is 0 Å². The highest BCUT2D eigenvalue weighted by atomic mass is 19.1. The van der Waals surface area contributed by atoms with Gasteiger partial charge in [0.05, 0.1) is 16.5 Å². The van der Waals surface area contributed by atoms with E-state index in [1.807, 2.05) is 0 Å². The van der Waals surface area contributed by atoms with Gasteiger partial charge in [0, 0.05) is 12.1 Å². The Kier molecular flexibility index (Phi) is 8.21. The molecule has 0 aliphatic carbocycles. The Balaban J connectivity index is 0.000000307. The molecule has 0 amide bonds. The first kappa shape index (κ1) is 22.2. The van der Waals surface area contributed by atoms with Gasteiger partial charge >= 0.3 is 17.3 Å². The third-order valence-electron chi connectivity index (χ3n) is 2.94. The van der Waals surface area contributed by atoms with Gasteiger partial charge in [-0.2, -0.15) is 0 Å². The molecule has 0 heterocycles. The lowest BCUT2D eigenvalue weighted by Crippen LogP contribution is -2.15. The van der Waals surface area contributed by atoms with Crippen LogP contribution in [0.3, 0.4) is 0 Å². The van der Waals surface area contributed by atoms with E-state index < -0.39 is 56.9 Å². The lowest BCUT2D eigenvalue weighted by Gasteiger charge is -2.06. The number of carbonyl (C=O) groups excluding carboxylic acids is 1. The second-order valence-electron chi connectivity index (χ2n) is 4.80. The maximum absolute atomic E-state index is 13.3. The normalized spacial score (nSPS) is 9.68. The number of esters is 1. The summed E-state index contributed by atoms with van der Waals surface area (Å²) in [5.41, 5.74) is -1.15. The Morgan fingerprint density at radius 2 is 1.57 bits per heavy atom. The van der Waals surface area contributed by atoms with Crippen LogP contribution in [0.25, 0.3) is 0 Å². The molecule has 0 saturated heterocycles. The largest absolute Gasteiger partial charge is 0.500 e. The Bertz CT molecular complexity index is 876. The van der Waals surface area contributed by atoms with Gasteiger partial charge in [-0.3, -0.25) is 20.2 Å². The number of halogens is 2. The zero-order valence-corrected chi connectivity index (χ0v) is 14.3.